The van der Waals surface area contributed by atoms with Gasteiger partial charge in [0, 0.05) is 56.1 Å². The van der Waals surface area contributed by atoms with E-state index in [-0.39, 0.29) is 5.91 Å². The summed E-state index contributed by atoms with van der Waals surface area (Å²) in [5.41, 5.74) is 0.979. The zero-order valence-corrected chi connectivity index (χ0v) is 12.6. The zero-order chi connectivity index (χ0) is 14.5. The molecule has 2 aromatic heterocycles. The zero-order valence-electron chi connectivity index (χ0n) is 11.8. The van der Waals surface area contributed by atoms with Crippen LogP contribution in [-0.2, 0) is 11.2 Å². The topological polar surface area (TPSA) is 49.3 Å². The van der Waals surface area contributed by atoms with Crippen molar-refractivity contribution in [1.82, 2.24) is 14.9 Å². The van der Waals surface area contributed by atoms with Crippen molar-refractivity contribution >= 4 is 22.4 Å². The highest BCUT2D eigenvalue weighted by Gasteiger charge is 2.22. The SMILES string of the molecule is O=C(CCc1ccccn1)N1CCN(c2nccs2)CC1. The van der Waals surface area contributed by atoms with E-state index in [0.717, 1.165) is 37.0 Å². The monoisotopic (exact) mass is 302 g/mol. The molecule has 3 rings (SSSR count). The van der Waals surface area contributed by atoms with Gasteiger partial charge in [0.15, 0.2) is 5.13 Å². The maximum Gasteiger partial charge on any atom is 0.223 e. The van der Waals surface area contributed by atoms with E-state index >= 15 is 0 Å². The van der Waals surface area contributed by atoms with Gasteiger partial charge in [-0.05, 0) is 18.6 Å². The van der Waals surface area contributed by atoms with Crippen LogP contribution in [0.3, 0.4) is 0 Å². The highest BCUT2D eigenvalue weighted by atomic mass is 32.1. The van der Waals surface area contributed by atoms with E-state index in [1.807, 2.05) is 34.7 Å². The van der Waals surface area contributed by atoms with E-state index < -0.39 is 0 Å². The normalized spacial score (nSPS) is 15.2. The van der Waals surface area contributed by atoms with E-state index in [1.165, 1.54) is 0 Å². The van der Waals surface area contributed by atoms with Crippen molar-refractivity contribution in [1.29, 1.82) is 0 Å². The molecule has 0 bridgehead atoms. The first-order valence-electron chi connectivity index (χ1n) is 7.15. The van der Waals surface area contributed by atoms with Crippen LogP contribution < -0.4 is 4.90 Å². The van der Waals surface area contributed by atoms with Gasteiger partial charge in [-0.2, -0.15) is 0 Å². The lowest BCUT2D eigenvalue weighted by atomic mass is 10.2. The average Bonchev–Trinajstić information content (AvgIpc) is 3.08. The standard InChI is InChI=1S/C15H18N4OS/c20-14(5-4-13-3-1-2-6-16-13)18-8-10-19(11-9-18)15-17-7-12-21-15/h1-3,6-7,12H,4-5,8-11H2. The maximum absolute atomic E-state index is 12.2. The molecule has 0 spiro atoms. The Hall–Kier alpha value is -1.95. The van der Waals surface area contributed by atoms with Crippen molar-refractivity contribution in [2.75, 3.05) is 31.1 Å². The Kier molecular flexibility index (Phi) is 4.45. The first-order chi connectivity index (χ1) is 10.3. The summed E-state index contributed by atoms with van der Waals surface area (Å²) >= 11 is 1.65. The Morgan fingerprint density at radius 3 is 2.67 bits per heavy atom. The van der Waals surface area contributed by atoms with Gasteiger partial charge >= 0.3 is 0 Å². The van der Waals surface area contributed by atoms with Crippen molar-refractivity contribution in [3.63, 3.8) is 0 Å². The van der Waals surface area contributed by atoms with Gasteiger partial charge < -0.3 is 9.80 Å². The molecular formula is C15H18N4OS. The van der Waals surface area contributed by atoms with E-state index in [9.17, 15) is 4.79 Å². The third-order valence-corrected chi connectivity index (χ3v) is 4.48. The molecule has 3 heterocycles. The summed E-state index contributed by atoms with van der Waals surface area (Å²) < 4.78 is 0. The third-order valence-electron chi connectivity index (χ3n) is 3.64. The largest absolute Gasteiger partial charge is 0.345 e. The minimum Gasteiger partial charge on any atom is -0.345 e. The fourth-order valence-electron chi connectivity index (χ4n) is 2.46. The molecule has 1 saturated heterocycles. The Balaban J connectivity index is 1.47. The second-order valence-electron chi connectivity index (χ2n) is 5.00. The smallest absolute Gasteiger partial charge is 0.223 e. The molecule has 5 nitrogen and oxygen atoms in total. The van der Waals surface area contributed by atoms with Gasteiger partial charge in [0.1, 0.15) is 0 Å². The Morgan fingerprint density at radius 2 is 2.00 bits per heavy atom. The average molecular weight is 302 g/mol. The minimum atomic E-state index is 0.222. The number of hydrogen-bond acceptors (Lipinski definition) is 5. The van der Waals surface area contributed by atoms with Crippen LogP contribution in [0.2, 0.25) is 0 Å². The Labute approximate surface area is 128 Å². The maximum atomic E-state index is 12.2. The van der Waals surface area contributed by atoms with Gasteiger partial charge in [0.2, 0.25) is 5.91 Å². The van der Waals surface area contributed by atoms with Crippen LogP contribution in [0.1, 0.15) is 12.1 Å². The molecule has 21 heavy (non-hydrogen) atoms. The second-order valence-corrected chi connectivity index (χ2v) is 5.88. The number of pyridine rings is 1. The lowest BCUT2D eigenvalue weighted by Crippen LogP contribution is -2.48. The van der Waals surface area contributed by atoms with Crippen LogP contribution in [0.4, 0.5) is 5.13 Å². The molecule has 0 aliphatic carbocycles. The lowest BCUT2D eigenvalue weighted by Gasteiger charge is -2.34. The quantitative estimate of drug-likeness (QED) is 0.864. The second kappa shape index (κ2) is 6.67. The molecule has 0 aromatic carbocycles. The molecular weight excluding hydrogens is 284 g/mol. The predicted octanol–water partition coefficient (Wildman–Crippen LogP) is 1.82. The molecule has 110 valence electrons. The number of anilines is 1. The van der Waals surface area contributed by atoms with Gasteiger partial charge in [0.05, 0.1) is 0 Å². The van der Waals surface area contributed by atoms with Crippen molar-refractivity contribution in [3.8, 4) is 0 Å². The highest BCUT2D eigenvalue weighted by molar-refractivity contribution is 7.13. The summed E-state index contributed by atoms with van der Waals surface area (Å²) in [6, 6.07) is 5.82. The van der Waals surface area contributed by atoms with Gasteiger partial charge in [-0.15, -0.1) is 11.3 Å². The summed E-state index contributed by atoms with van der Waals surface area (Å²) in [5, 5.41) is 3.04. The third kappa shape index (κ3) is 3.58. The number of rotatable bonds is 4. The van der Waals surface area contributed by atoms with E-state index in [4.69, 9.17) is 0 Å². The number of carbonyl (C=O) groups is 1. The van der Waals surface area contributed by atoms with Crippen LogP contribution in [-0.4, -0.2) is 47.0 Å². The first kappa shape index (κ1) is 14.0. The molecule has 1 aliphatic rings. The predicted molar refractivity (Wildman–Crippen MR) is 83.5 cm³/mol. The molecule has 1 aliphatic heterocycles. The number of aryl methyl sites for hydroxylation is 1. The molecule has 0 saturated carbocycles. The number of aromatic nitrogens is 2. The van der Waals surface area contributed by atoms with Crippen molar-refractivity contribution in [3.05, 3.63) is 41.7 Å². The summed E-state index contributed by atoms with van der Waals surface area (Å²) in [7, 11) is 0. The van der Waals surface area contributed by atoms with Gasteiger partial charge in [-0.1, -0.05) is 6.07 Å². The molecule has 0 unspecified atom stereocenters. The molecule has 6 heteroatoms. The van der Waals surface area contributed by atoms with E-state index in [0.29, 0.717) is 12.8 Å². The Bertz CT molecular complexity index is 565. The number of thiazole rings is 1. The number of amides is 1. The van der Waals surface area contributed by atoms with Crippen LogP contribution in [0.25, 0.3) is 0 Å². The lowest BCUT2D eigenvalue weighted by molar-refractivity contribution is -0.131. The number of nitrogens with zero attached hydrogens (tertiary/aromatic N) is 4. The molecule has 0 atom stereocenters. The van der Waals surface area contributed by atoms with Gasteiger partial charge in [-0.3, -0.25) is 9.78 Å². The van der Waals surface area contributed by atoms with Gasteiger partial charge in [0.25, 0.3) is 0 Å². The molecule has 0 radical (unpaired) electrons. The number of carbonyl (C=O) groups excluding carboxylic acids is 1. The molecule has 1 fully saturated rings. The first-order valence-corrected chi connectivity index (χ1v) is 8.03. The fourth-order valence-corrected chi connectivity index (χ4v) is 3.16. The van der Waals surface area contributed by atoms with E-state index in [1.54, 1.807) is 17.5 Å². The fraction of sp³-hybridized carbons (Fsp3) is 0.400. The minimum absolute atomic E-state index is 0.222. The summed E-state index contributed by atoms with van der Waals surface area (Å²) in [5.74, 6) is 0.222. The van der Waals surface area contributed by atoms with Crippen LogP contribution >= 0.6 is 11.3 Å². The van der Waals surface area contributed by atoms with Crippen LogP contribution in [0.5, 0.6) is 0 Å². The highest BCUT2D eigenvalue weighted by Crippen LogP contribution is 2.19. The van der Waals surface area contributed by atoms with Crippen molar-refractivity contribution in [2.24, 2.45) is 0 Å². The summed E-state index contributed by atoms with van der Waals surface area (Å²) in [6.07, 6.45) is 4.84. The summed E-state index contributed by atoms with van der Waals surface area (Å²) in [6.45, 7) is 3.28. The van der Waals surface area contributed by atoms with Crippen LogP contribution in [0, 0.1) is 0 Å². The van der Waals surface area contributed by atoms with Gasteiger partial charge in [-0.25, -0.2) is 4.98 Å². The van der Waals surface area contributed by atoms with Crippen molar-refractivity contribution < 1.29 is 4.79 Å². The molecule has 2 aromatic rings. The summed E-state index contributed by atoms with van der Waals surface area (Å²) in [4.78, 5) is 25.0. The number of piperazine rings is 1. The van der Waals surface area contributed by atoms with E-state index in [2.05, 4.69) is 14.9 Å². The van der Waals surface area contributed by atoms with Crippen molar-refractivity contribution in [2.45, 2.75) is 12.8 Å². The van der Waals surface area contributed by atoms with Crippen LogP contribution in [0.15, 0.2) is 36.0 Å². The molecule has 1 amide bonds. The Morgan fingerprint density at radius 1 is 1.14 bits per heavy atom. The number of hydrogen-bond donors (Lipinski definition) is 0. The molecule has 0 N–H and O–H groups in total.